The van der Waals surface area contributed by atoms with Gasteiger partial charge in [-0.25, -0.2) is 0 Å². The Morgan fingerprint density at radius 1 is 1.12 bits per heavy atom. The van der Waals surface area contributed by atoms with E-state index in [1.165, 1.54) is 19.3 Å². The molecule has 2 aromatic heterocycles. The molecule has 3 heterocycles. The number of nitrogens with zero attached hydrogens (tertiary/aromatic N) is 4. The highest BCUT2D eigenvalue weighted by atomic mass is 16.5. The molecule has 4 rings (SSSR count). The summed E-state index contributed by atoms with van der Waals surface area (Å²) >= 11 is 0. The molecule has 1 aliphatic heterocycles. The Bertz CT molecular complexity index is 640. The van der Waals surface area contributed by atoms with Crippen molar-refractivity contribution >= 4 is 5.95 Å². The van der Waals surface area contributed by atoms with E-state index in [0.29, 0.717) is 12.2 Å². The molecular weight excluding hydrogens is 304 g/mol. The van der Waals surface area contributed by atoms with Gasteiger partial charge < -0.3 is 18.6 Å². The number of aromatic nitrogens is 3. The van der Waals surface area contributed by atoms with Gasteiger partial charge in [-0.2, -0.15) is 0 Å². The van der Waals surface area contributed by atoms with Crippen LogP contribution in [-0.4, -0.2) is 40.1 Å². The Morgan fingerprint density at radius 2 is 1.92 bits per heavy atom. The summed E-state index contributed by atoms with van der Waals surface area (Å²) in [6.45, 7) is 2.00. The molecule has 2 aromatic rings. The maximum atomic E-state index is 6.15. The maximum absolute atomic E-state index is 6.15. The van der Waals surface area contributed by atoms with Crippen molar-refractivity contribution in [3.05, 3.63) is 30.0 Å². The van der Waals surface area contributed by atoms with Gasteiger partial charge in [0.1, 0.15) is 11.6 Å². The third-order valence-corrected chi connectivity index (χ3v) is 5.28. The molecule has 2 fully saturated rings. The molecule has 0 N–H and O–H groups in total. The van der Waals surface area contributed by atoms with Crippen molar-refractivity contribution in [3.8, 4) is 0 Å². The molecule has 0 aromatic carbocycles. The van der Waals surface area contributed by atoms with E-state index in [1.54, 1.807) is 6.26 Å². The van der Waals surface area contributed by atoms with E-state index in [2.05, 4.69) is 26.7 Å². The van der Waals surface area contributed by atoms with E-state index in [4.69, 9.17) is 9.15 Å². The zero-order valence-electron chi connectivity index (χ0n) is 14.4. The second-order valence-corrected chi connectivity index (χ2v) is 6.93. The molecule has 6 heteroatoms. The lowest BCUT2D eigenvalue weighted by molar-refractivity contribution is -0.0597. The van der Waals surface area contributed by atoms with Gasteiger partial charge in [-0.3, -0.25) is 0 Å². The van der Waals surface area contributed by atoms with Crippen LogP contribution in [0.25, 0.3) is 0 Å². The number of hydrogen-bond acceptors (Lipinski definition) is 5. The first-order chi connectivity index (χ1) is 11.8. The third kappa shape index (κ3) is 3.34. The highest BCUT2D eigenvalue weighted by Gasteiger charge is 2.27. The van der Waals surface area contributed by atoms with Crippen LogP contribution in [0.1, 0.15) is 43.7 Å². The average Bonchev–Trinajstić information content (AvgIpc) is 3.20. The lowest BCUT2D eigenvalue weighted by Gasteiger charge is -2.36. The van der Waals surface area contributed by atoms with Gasteiger partial charge in [0, 0.05) is 33.0 Å². The van der Waals surface area contributed by atoms with E-state index in [9.17, 15) is 0 Å². The fourth-order valence-corrected chi connectivity index (χ4v) is 3.51. The summed E-state index contributed by atoms with van der Waals surface area (Å²) in [6.07, 6.45) is 10.4. The van der Waals surface area contributed by atoms with Crippen molar-refractivity contribution < 1.29 is 9.15 Å². The SMILES string of the molecule is Cn1c(CCc2ccco2)nnc1N1CCC(OC2CCC2)CC1. The second kappa shape index (κ2) is 6.97. The molecule has 1 aliphatic carbocycles. The summed E-state index contributed by atoms with van der Waals surface area (Å²) in [5, 5.41) is 8.80. The van der Waals surface area contributed by atoms with E-state index in [0.717, 1.165) is 56.3 Å². The minimum absolute atomic E-state index is 0.429. The molecule has 24 heavy (non-hydrogen) atoms. The largest absolute Gasteiger partial charge is 0.469 e. The molecule has 6 nitrogen and oxygen atoms in total. The van der Waals surface area contributed by atoms with Crippen LogP contribution in [0.15, 0.2) is 22.8 Å². The monoisotopic (exact) mass is 330 g/mol. The Hall–Kier alpha value is -1.82. The molecule has 0 spiro atoms. The molecule has 1 saturated heterocycles. The highest BCUT2D eigenvalue weighted by Crippen LogP contribution is 2.27. The van der Waals surface area contributed by atoms with Crippen LogP contribution < -0.4 is 4.90 Å². The first-order valence-corrected chi connectivity index (χ1v) is 9.10. The molecule has 0 atom stereocenters. The third-order valence-electron chi connectivity index (χ3n) is 5.28. The Kier molecular flexibility index (Phi) is 4.56. The van der Waals surface area contributed by atoms with Crippen molar-refractivity contribution in [2.24, 2.45) is 7.05 Å². The normalized spacial score (nSPS) is 19.6. The second-order valence-electron chi connectivity index (χ2n) is 6.93. The highest BCUT2D eigenvalue weighted by molar-refractivity contribution is 5.31. The Labute approximate surface area is 142 Å². The predicted octanol–water partition coefficient (Wildman–Crippen LogP) is 2.73. The summed E-state index contributed by atoms with van der Waals surface area (Å²) in [5.74, 6) is 2.98. The average molecular weight is 330 g/mol. The number of aryl methyl sites for hydroxylation is 2. The summed E-state index contributed by atoms with van der Waals surface area (Å²) < 4.78 is 13.7. The van der Waals surface area contributed by atoms with Crippen LogP contribution in [0.4, 0.5) is 5.95 Å². The van der Waals surface area contributed by atoms with Gasteiger partial charge in [-0.1, -0.05) is 0 Å². The zero-order valence-corrected chi connectivity index (χ0v) is 14.4. The summed E-state index contributed by atoms with van der Waals surface area (Å²) in [4.78, 5) is 2.34. The molecule has 0 unspecified atom stereocenters. The maximum Gasteiger partial charge on any atom is 0.226 e. The number of piperidine rings is 1. The van der Waals surface area contributed by atoms with Crippen molar-refractivity contribution in [2.75, 3.05) is 18.0 Å². The van der Waals surface area contributed by atoms with Crippen molar-refractivity contribution in [1.29, 1.82) is 0 Å². The van der Waals surface area contributed by atoms with Gasteiger partial charge in [-0.05, 0) is 44.2 Å². The minimum Gasteiger partial charge on any atom is -0.469 e. The smallest absolute Gasteiger partial charge is 0.226 e. The van der Waals surface area contributed by atoms with Gasteiger partial charge in [-0.15, -0.1) is 10.2 Å². The number of ether oxygens (including phenoxy) is 1. The zero-order chi connectivity index (χ0) is 16.4. The van der Waals surface area contributed by atoms with Gasteiger partial charge in [0.15, 0.2) is 0 Å². The van der Waals surface area contributed by atoms with Crippen LogP contribution >= 0.6 is 0 Å². The van der Waals surface area contributed by atoms with E-state index >= 15 is 0 Å². The fourth-order valence-electron chi connectivity index (χ4n) is 3.51. The first-order valence-electron chi connectivity index (χ1n) is 9.10. The van der Waals surface area contributed by atoms with Gasteiger partial charge >= 0.3 is 0 Å². The topological polar surface area (TPSA) is 56.3 Å². The van der Waals surface area contributed by atoms with E-state index in [1.807, 2.05) is 12.1 Å². The summed E-state index contributed by atoms with van der Waals surface area (Å²) in [6, 6.07) is 3.93. The summed E-state index contributed by atoms with van der Waals surface area (Å²) in [5.41, 5.74) is 0. The van der Waals surface area contributed by atoms with Crippen LogP contribution in [-0.2, 0) is 24.6 Å². The van der Waals surface area contributed by atoms with E-state index < -0.39 is 0 Å². The molecular formula is C18H26N4O2. The lowest BCUT2D eigenvalue weighted by Crippen LogP contribution is -2.40. The van der Waals surface area contributed by atoms with Crippen LogP contribution in [0, 0.1) is 0 Å². The lowest BCUT2D eigenvalue weighted by atomic mass is 9.95. The fraction of sp³-hybridized carbons (Fsp3) is 0.667. The number of furan rings is 1. The van der Waals surface area contributed by atoms with Crippen molar-refractivity contribution in [3.63, 3.8) is 0 Å². The quantitative estimate of drug-likeness (QED) is 0.815. The van der Waals surface area contributed by atoms with Crippen molar-refractivity contribution in [1.82, 2.24) is 14.8 Å². The molecule has 2 aliphatic rings. The predicted molar refractivity (Wildman–Crippen MR) is 91.1 cm³/mol. The van der Waals surface area contributed by atoms with Gasteiger partial charge in [0.2, 0.25) is 5.95 Å². The molecule has 1 saturated carbocycles. The van der Waals surface area contributed by atoms with E-state index in [-0.39, 0.29) is 0 Å². The van der Waals surface area contributed by atoms with Gasteiger partial charge in [0.05, 0.1) is 18.5 Å². The standard InChI is InChI=1S/C18H26N4O2/c1-21-17(8-7-14-6-3-13-23-14)19-20-18(21)22-11-9-16(10-12-22)24-15-4-2-5-15/h3,6,13,15-16H,2,4-5,7-12H2,1H3. The number of rotatable bonds is 6. The first kappa shape index (κ1) is 15.7. The Morgan fingerprint density at radius 3 is 2.58 bits per heavy atom. The van der Waals surface area contributed by atoms with Crippen LogP contribution in [0.5, 0.6) is 0 Å². The summed E-state index contributed by atoms with van der Waals surface area (Å²) in [7, 11) is 2.06. The molecule has 0 bridgehead atoms. The molecule has 0 amide bonds. The minimum atomic E-state index is 0.429. The van der Waals surface area contributed by atoms with Crippen molar-refractivity contribution in [2.45, 2.75) is 57.2 Å². The van der Waals surface area contributed by atoms with Crippen LogP contribution in [0.2, 0.25) is 0 Å². The molecule has 0 radical (unpaired) electrons. The Balaban J connectivity index is 1.31. The molecule has 130 valence electrons. The number of hydrogen-bond donors (Lipinski definition) is 0. The van der Waals surface area contributed by atoms with Gasteiger partial charge in [0.25, 0.3) is 0 Å². The number of anilines is 1. The van der Waals surface area contributed by atoms with Crippen LogP contribution in [0.3, 0.4) is 0 Å².